The van der Waals surface area contributed by atoms with E-state index in [4.69, 9.17) is 4.74 Å². The molecule has 0 amide bonds. The molecule has 0 aliphatic carbocycles. The summed E-state index contributed by atoms with van der Waals surface area (Å²) in [7, 11) is 1.74. The lowest BCUT2D eigenvalue weighted by molar-refractivity contribution is 0.0531. The number of thiazole rings is 1. The number of nitrogens with one attached hydrogen (secondary N) is 2. The molecule has 1 unspecified atom stereocenters. The van der Waals surface area contributed by atoms with E-state index in [0.29, 0.717) is 17.2 Å². The van der Waals surface area contributed by atoms with Gasteiger partial charge in [0.2, 0.25) is 0 Å². The predicted molar refractivity (Wildman–Crippen MR) is 103 cm³/mol. The number of aromatic nitrogens is 1. The second kappa shape index (κ2) is 9.27. The van der Waals surface area contributed by atoms with Crippen LogP contribution in [0.15, 0.2) is 4.99 Å². The second-order valence-corrected chi connectivity index (χ2v) is 8.49. The maximum Gasteiger partial charge on any atom is 0.350 e. The van der Waals surface area contributed by atoms with Gasteiger partial charge in [0.15, 0.2) is 5.96 Å². The largest absolute Gasteiger partial charge is 0.462 e. The Labute approximate surface area is 152 Å². The first-order chi connectivity index (χ1) is 11.2. The van der Waals surface area contributed by atoms with E-state index in [2.05, 4.69) is 40.7 Å². The number of aryl methyl sites for hydroxylation is 1. The van der Waals surface area contributed by atoms with Crippen LogP contribution in [0.4, 0.5) is 0 Å². The van der Waals surface area contributed by atoms with Crippen LogP contribution in [0.5, 0.6) is 0 Å². The van der Waals surface area contributed by atoms with E-state index in [1.165, 1.54) is 11.3 Å². The van der Waals surface area contributed by atoms with E-state index in [1.807, 2.05) is 13.8 Å². The first kappa shape index (κ1) is 20.8. The van der Waals surface area contributed by atoms with Crippen molar-refractivity contribution < 1.29 is 9.53 Å². The molecule has 1 atom stereocenters. The number of guanidine groups is 1. The van der Waals surface area contributed by atoms with E-state index in [-0.39, 0.29) is 16.8 Å². The number of nitrogens with zero attached hydrogens (tertiary/aromatic N) is 2. The van der Waals surface area contributed by atoms with Crippen LogP contribution in [0.25, 0.3) is 0 Å². The summed E-state index contributed by atoms with van der Waals surface area (Å²) in [6.45, 7) is 11.1. The van der Waals surface area contributed by atoms with Gasteiger partial charge < -0.3 is 15.4 Å². The van der Waals surface area contributed by atoms with Gasteiger partial charge in [-0.15, -0.1) is 11.3 Å². The second-order valence-electron chi connectivity index (χ2n) is 5.94. The number of hydrogen-bond acceptors (Lipinski definition) is 6. The maximum absolute atomic E-state index is 11.9. The molecule has 6 nitrogen and oxygen atoms in total. The third-order valence-corrected chi connectivity index (χ3v) is 6.03. The normalized spacial score (nSPS) is 13.5. The van der Waals surface area contributed by atoms with Crippen LogP contribution in [0.2, 0.25) is 0 Å². The standard InChI is InChI=1S/C16H28N4O2S2/c1-8-22-14(21)12-10(2)19-13(24-12)11(3)20-15(17-6)18-9-16(4,5)23-7/h11H,8-9H2,1-7H3,(H2,17,18,20). The van der Waals surface area contributed by atoms with Crippen molar-refractivity contribution in [2.45, 2.75) is 45.4 Å². The number of rotatable bonds is 7. The van der Waals surface area contributed by atoms with Crippen molar-refractivity contribution in [3.8, 4) is 0 Å². The van der Waals surface area contributed by atoms with Crippen LogP contribution in [0, 0.1) is 6.92 Å². The van der Waals surface area contributed by atoms with Gasteiger partial charge in [-0.1, -0.05) is 0 Å². The van der Waals surface area contributed by atoms with Gasteiger partial charge in [0.25, 0.3) is 0 Å². The van der Waals surface area contributed by atoms with Crippen molar-refractivity contribution in [1.29, 1.82) is 0 Å². The number of esters is 1. The molecule has 0 spiro atoms. The first-order valence-corrected chi connectivity index (χ1v) is 9.95. The minimum absolute atomic E-state index is 0.0551. The molecule has 1 heterocycles. The first-order valence-electron chi connectivity index (χ1n) is 7.90. The maximum atomic E-state index is 11.9. The molecule has 0 fully saturated rings. The molecular weight excluding hydrogens is 344 g/mol. The number of carbonyl (C=O) groups excluding carboxylic acids is 1. The Kier molecular flexibility index (Phi) is 8.02. The highest BCUT2D eigenvalue weighted by Crippen LogP contribution is 2.24. The van der Waals surface area contributed by atoms with E-state index in [1.54, 1.807) is 25.7 Å². The molecule has 0 saturated carbocycles. The minimum atomic E-state index is -0.310. The Hall–Kier alpha value is -1.28. The third-order valence-electron chi connectivity index (χ3n) is 3.46. The van der Waals surface area contributed by atoms with Gasteiger partial charge in [0.1, 0.15) is 9.88 Å². The summed E-state index contributed by atoms with van der Waals surface area (Å²) in [5, 5.41) is 7.48. The van der Waals surface area contributed by atoms with Crippen molar-refractivity contribution in [3.63, 3.8) is 0 Å². The predicted octanol–water partition coefficient (Wildman–Crippen LogP) is 3.00. The van der Waals surface area contributed by atoms with Gasteiger partial charge in [-0.2, -0.15) is 11.8 Å². The fourth-order valence-corrected chi connectivity index (χ4v) is 3.00. The Morgan fingerprint density at radius 2 is 2.17 bits per heavy atom. The summed E-state index contributed by atoms with van der Waals surface area (Å²) >= 11 is 3.16. The Bertz CT molecular complexity index is 585. The highest BCUT2D eigenvalue weighted by Gasteiger charge is 2.21. The van der Waals surface area contributed by atoms with Gasteiger partial charge in [0.05, 0.1) is 18.3 Å². The molecule has 0 aliphatic rings. The monoisotopic (exact) mass is 372 g/mol. The van der Waals surface area contributed by atoms with Crippen LogP contribution >= 0.6 is 23.1 Å². The van der Waals surface area contributed by atoms with Gasteiger partial charge in [0, 0.05) is 18.3 Å². The van der Waals surface area contributed by atoms with E-state index in [0.717, 1.165) is 17.5 Å². The summed E-state index contributed by atoms with van der Waals surface area (Å²) in [6.07, 6.45) is 2.09. The van der Waals surface area contributed by atoms with Gasteiger partial charge in [-0.25, -0.2) is 9.78 Å². The molecule has 0 radical (unpaired) electrons. The number of thioether (sulfide) groups is 1. The molecular formula is C16H28N4O2S2. The molecule has 1 aromatic rings. The number of hydrogen-bond donors (Lipinski definition) is 2. The molecule has 2 N–H and O–H groups in total. The van der Waals surface area contributed by atoms with E-state index < -0.39 is 0 Å². The summed E-state index contributed by atoms with van der Waals surface area (Å²) in [6, 6.07) is -0.0551. The van der Waals surface area contributed by atoms with E-state index >= 15 is 0 Å². The number of aliphatic imine (C=N–C) groups is 1. The fourth-order valence-electron chi connectivity index (χ4n) is 1.82. The lowest BCUT2D eigenvalue weighted by Crippen LogP contribution is -2.44. The van der Waals surface area contributed by atoms with Crippen molar-refractivity contribution in [2.24, 2.45) is 4.99 Å². The van der Waals surface area contributed by atoms with Crippen LogP contribution in [0.3, 0.4) is 0 Å². The fraction of sp³-hybridized carbons (Fsp3) is 0.688. The lowest BCUT2D eigenvalue weighted by Gasteiger charge is -2.24. The average molecular weight is 373 g/mol. The quantitative estimate of drug-likeness (QED) is 0.435. The molecule has 0 saturated heterocycles. The van der Waals surface area contributed by atoms with Crippen molar-refractivity contribution >= 4 is 35.0 Å². The van der Waals surface area contributed by atoms with Crippen molar-refractivity contribution in [2.75, 3.05) is 26.5 Å². The molecule has 1 aromatic heterocycles. The Balaban J connectivity index is 2.74. The molecule has 0 bridgehead atoms. The molecule has 8 heteroatoms. The van der Waals surface area contributed by atoms with Crippen LogP contribution < -0.4 is 10.6 Å². The lowest BCUT2D eigenvalue weighted by atomic mass is 10.2. The molecule has 0 aromatic carbocycles. The zero-order chi connectivity index (χ0) is 18.3. The molecule has 136 valence electrons. The Morgan fingerprint density at radius 1 is 1.50 bits per heavy atom. The third kappa shape index (κ3) is 5.98. The van der Waals surface area contributed by atoms with Crippen molar-refractivity contribution in [1.82, 2.24) is 15.6 Å². The number of ether oxygens (including phenoxy) is 1. The highest BCUT2D eigenvalue weighted by molar-refractivity contribution is 7.99. The zero-order valence-corrected chi connectivity index (χ0v) is 17.2. The summed E-state index contributed by atoms with van der Waals surface area (Å²) in [5.74, 6) is 0.408. The van der Waals surface area contributed by atoms with Crippen LogP contribution in [0.1, 0.15) is 54.1 Å². The van der Waals surface area contributed by atoms with Crippen LogP contribution in [-0.2, 0) is 4.74 Å². The smallest absolute Gasteiger partial charge is 0.350 e. The molecule has 0 aliphatic heterocycles. The van der Waals surface area contributed by atoms with Gasteiger partial charge in [-0.05, 0) is 40.9 Å². The Morgan fingerprint density at radius 3 is 2.71 bits per heavy atom. The summed E-state index contributed by atoms with van der Waals surface area (Å²) in [4.78, 5) is 21.2. The van der Waals surface area contributed by atoms with Gasteiger partial charge >= 0.3 is 5.97 Å². The SMILES string of the molecule is CCOC(=O)c1sc(C(C)NC(=NC)NCC(C)(C)SC)nc1C. The molecule has 24 heavy (non-hydrogen) atoms. The van der Waals surface area contributed by atoms with Crippen LogP contribution in [-0.4, -0.2) is 48.1 Å². The average Bonchev–Trinajstić information content (AvgIpc) is 2.93. The summed E-state index contributed by atoms with van der Waals surface area (Å²) in [5.41, 5.74) is 0.702. The minimum Gasteiger partial charge on any atom is -0.462 e. The number of carbonyl (C=O) groups is 1. The molecule has 1 rings (SSSR count). The highest BCUT2D eigenvalue weighted by atomic mass is 32.2. The summed E-state index contributed by atoms with van der Waals surface area (Å²) < 4.78 is 5.19. The zero-order valence-electron chi connectivity index (χ0n) is 15.5. The van der Waals surface area contributed by atoms with Gasteiger partial charge in [-0.3, -0.25) is 4.99 Å². The van der Waals surface area contributed by atoms with Crippen molar-refractivity contribution in [3.05, 3.63) is 15.6 Å². The topological polar surface area (TPSA) is 75.6 Å². The van der Waals surface area contributed by atoms with E-state index in [9.17, 15) is 4.79 Å².